The largest absolute Gasteiger partial charge is 0.493 e. The van der Waals surface area contributed by atoms with E-state index in [1.165, 1.54) is 0 Å². The standard InChI is InChI=1S/C20H13N3O2S/c21-10-13-5-3-4-12(8-13)9-15(18-19(24)23-20(25)26-18)16-11-22-17-7-2-1-6-14(16)17/h1-8,11,24H,9H2,(H,23,25). The number of nitrogens with zero attached hydrogens (tertiary/aromatic N) is 2. The Morgan fingerprint density at radius 2 is 2.08 bits per heavy atom. The van der Waals surface area contributed by atoms with Crippen LogP contribution in [-0.2, 0) is 6.42 Å². The number of aliphatic imine (C=N–C) groups is 1. The molecule has 0 fully saturated rings. The van der Waals surface area contributed by atoms with Crippen molar-refractivity contribution in [1.29, 1.82) is 5.26 Å². The van der Waals surface area contributed by atoms with Gasteiger partial charge in [-0.25, -0.2) is 0 Å². The molecule has 2 aromatic carbocycles. The number of para-hydroxylation sites is 1. The molecule has 6 heteroatoms. The number of allylic oxidation sites excluding steroid dienone is 2. The van der Waals surface area contributed by atoms with Gasteiger partial charge in [-0.1, -0.05) is 41.7 Å². The molecule has 26 heavy (non-hydrogen) atoms. The van der Waals surface area contributed by atoms with E-state index in [0.29, 0.717) is 16.9 Å². The molecule has 0 saturated heterocycles. The fraction of sp³-hybridized carbons (Fsp3) is 0.0500. The van der Waals surface area contributed by atoms with Gasteiger partial charge >= 0.3 is 4.87 Å². The summed E-state index contributed by atoms with van der Waals surface area (Å²) < 4.78 is 0. The summed E-state index contributed by atoms with van der Waals surface area (Å²) in [5, 5.41) is 19.3. The number of nitrogens with one attached hydrogen (secondary N) is 1. The lowest BCUT2D eigenvalue weighted by molar-refractivity contribution is 0.454. The van der Waals surface area contributed by atoms with Gasteiger partial charge in [-0.2, -0.15) is 5.26 Å². The van der Waals surface area contributed by atoms with Crippen molar-refractivity contribution >= 4 is 34.4 Å². The first-order chi connectivity index (χ1) is 12.7. The molecule has 0 unspecified atom stereocenters. The minimum atomic E-state index is -0.315. The number of fused-ring (bicyclic) bond motifs is 1. The molecule has 0 spiro atoms. The van der Waals surface area contributed by atoms with E-state index in [1.54, 1.807) is 12.3 Å². The minimum absolute atomic E-state index is 0.142. The first-order valence-corrected chi connectivity index (χ1v) is 8.75. The van der Waals surface area contributed by atoms with E-state index in [-0.39, 0.29) is 10.8 Å². The Hall–Kier alpha value is -3.43. The van der Waals surface area contributed by atoms with E-state index >= 15 is 0 Å². The molecule has 1 aromatic heterocycles. The molecule has 2 N–H and O–H groups in total. The third-order valence-corrected chi connectivity index (χ3v) is 5.12. The third kappa shape index (κ3) is 2.85. The molecule has 0 aliphatic carbocycles. The average Bonchev–Trinajstić information content (AvgIpc) is 3.23. The summed E-state index contributed by atoms with van der Waals surface area (Å²) in [6.45, 7) is 0. The number of rotatable bonds is 3. The smallest absolute Gasteiger partial charge is 0.307 e. The summed E-state index contributed by atoms with van der Waals surface area (Å²) in [5.41, 5.74) is 4.97. The minimum Gasteiger partial charge on any atom is -0.493 e. The second-order valence-corrected chi connectivity index (χ2v) is 6.83. The van der Waals surface area contributed by atoms with Gasteiger partial charge in [0.2, 0.25) is 5.88 Å². The Balaban J connectivity index is 1.91. The number of aromatic nitrogens is 1. The Labute approximate surface area is 153 Å². The maximum atomic E-state index is 11.7. The molecule has 2 heterocycles. The third-order valence-electron chi connectivity index (χ3n) is 4.19. The van der Waals surface area contributed by atoms with Crippen molar-refractivity contribution in [3.63, 3.8) is 0 Å². The molecule has 0 saturated carbocycles. The zero-order valence-electron chi connectivity index (χ0n) is 13.6. The van der Waals surface area contributed by atoms with E-state index < -0.39 is 0 Å². The van der Waals surface area contributed by atoms with Crippen LogP contribution in [0.5, 0.6) is 5.88 Å². The number of aromatic hydroxyl groups is 1. The van der Waals surface area contributed by atoms with Gasteiger partial charge in [0.1, 0.15) is 0 Å². The topological polar surface area (TPSA) is 89.2 Å². The monoisotopic (exact) mass is 359 g/mol. The van der Waals surface area contributed by atoms with Crippen molar-refractivity contribution in [2.45, 2.75) is 6.42 Å². The maximum Gasteiger partial charge on any atom is 0.307 e. The zero-order valence-corrected chi connectivity index (χ0v) is 14.4. The van der Waals surface area contributed by atoms with Crippen LogP contribution >= 0.6 is 11.3 Å². The molecule has 3 aromatic rings. The van der Waals surface area contributed by atoms with Crippen LogP contribution in [0.1, 0.15) is 21.6 Å². The van der Waals surface area contributed by atoms with Gasteiger partial charge in [0.05, 0.1) is 22.2 Å². The van der Waals surface area contributed by atoms with Crippen LogP contribution in [0, 0.1) is 11.3 Å². The van der Waals surface area contributed by atoms with Crippen LogP contribution in [-0.4, -0.2) is 16.3 Å². The van der Waals surface area contributed by atoms with Crippen molar-refractivity contribution < 1.29 is 5.11 Å². The number of hydrogen-bond acceptors (Lipinski definition) is 5. The average molecular weight is 359 g/mol. The SMILES string of the molecule is N#Cc1cccc(CC(=C2C=Nc3ccccc32)c2sc(=O)[nH]c2O)c1. The number of aromatic amines is 1. The van der Waals surface area contributed by atoms with Crippen molar-refractivity contribution in [3.8, 4) is 11.9 Å². The van der Waals surface area contributed by atoms with Crippen molar-refractivity contribution in [1.82, 2.24) is 4.98 Å². The number of nitriles is 1. The fourth-order valence-electron chi connectivity index (χ4n) is 3.04. The number of H-pyrrole nitrogens is 1. The molecule has 0 atom stereocenters. The lowest BCUT2D eigenvalue weighted by atomic mass is 9.94. The lowest BCUT2D eigenvalue weighted by Gasteiger charge is -2.11. The molecule has 1 aliphatic rings. The van der Waals surface area contributed by atoms with Gasteiger partial charge in [0.25, 0.3) is 0 Å². The molecule has 126 valence electrons. The van der Waals surface area contributed by atoms with Crippen molar-refractivity contribution in [3.05, 3.63) is 79.8 Å². The predicted molar refractivity (Wildman–Crippen MR) is 103 cm³/mol. The van der Waals surface area contributed by atoms with Crippen LogP contribution in [0.4, 0.5) is 5.69 Å². The zero-order chi connectivity index (χ0) is 18.1. The van der Waals surface area contributed by atoms with E-state index in [2.05, 4.69) is 16.0 Å². The second-order valence-electron chi connectivity index (χ2n) is 5.85. The maximum absolute atomic E-state index is 11.7. The fourth-order valence-corrected chi connectivity index (χ4v) is 3.82. The van der Waals surface area contributed by atoms with E-state index in [9.17, 15) is 9.90 Å². The number of benzene rings is 2. The Morgan fingerprint density at radius 3 is 2.85 bits per heavy atom. The highest BCUT2D eigenvalue weighted by atomic mass is 32.1. The van der Waals surface area contributed by atoms with Gasteiger partial charge in [-0.05, 0) is 35.8 Å². The summed E-state index contributed by atoms with van der Waals surface area (Å²) in [5.74, 6) is -0.142. The van der Waals surface area contributed by atoms with Crippen LogP contribution < -0.4 is 4.87 Å². The molecular weight excluding hydrogens is 346 g/mol. The summed E-state index contributed by atoms with van der Waals surface area (Å²) >= 11 is 0.968. The first kappa shape index (κ1) is 16.1. The summed E-state index contributed by atoms with van der Waals surface area (Å²) in [4.78, 5) is 18.8. The van der Waals surface area contributed by atoms with Crippen LogP contribution in [0.25, 0.3) is 11.1 Å². The molecule has 0 bridgehead atoms. The Bertz CT molecular complexity index is 1160. The van der Waals surface area contributed by atoms with Gasteiger partial charge in [0.15, 0.2) is 0 Å². The van der Waals surface area contributed by atoms with Crippen LogP contribution in [0.15, 0.2) is 58.3 Å². The van der Waals surface area contributed by atoms with Crippen LogP contribution in [0.2, 0.25) is 0 Å². The summed E-state index contributed by atoms with van der Waals surface area (Å²) in [7, 11) is 0. The molecule has 1 aliphatic heterocycles. The molecule has 0 radical (unpaired) electrons. The number of thiazole rings is 1. The van der Waals surface area contributed by atoms with Gasteiger partial charge in [0, 0.05) is 17.4 Å². The first-order valence-electron chi connectivity index (χ1n) is 7.94. The van der Waals surface area contributed by atoms with Gasteiger partial charge in [-0.15, -0.1) is 0 Å². The van der Waals surface area contributed by atoms with E-state index in [0.717, 1.165) is 39.3 Å². The van der Waals surface area contributed by atoms with E-state index in [4.69, 9.17) is 5.26 Å². The van der Waals surface area contributed by atoms with E-state index in [1.807, 2.05) is 42.5 Å². The molecule has 4 rings (SSSR count). The highest BCUT2D eigenvalue weighted by Crippen LogP contribution is 2.40. The molecule has 0 amide bonds. The highest BCUT2D eigenvalue weighted by molar-refractivity contribution is 7.10. The molecule has 5 nitrogen and oxygen atoms in total. The Morgan fingerprint density at radius 1 is 1.23 bits per heavy atom. The summed E-state index contributed by atoms with van der Waals surface area (Å²) in [6.07, 6.45) is 2.23. The Kier molecular flexibility index (Phi) is 3.99. The molecular formula is C20H13N3O2S. The summed E-state index contributed by atoms with van der Waals surface area (Å²) in [6, 6.07) is 17.2. The van der Waals surface area contributed by atoms with Crippen molar-refractivity contribution in [2.24, 2.45) is 4.99 Å². The predicted octanol–water partition coefficient (Wildman–Crippen LogP) is 3.88. The van der Waals surface area contributed by atoms with Gasteiger partial charge in [-0.3, -0.25) is 14.8 Å². The highest BCUT2D eigenvalue weighted by Gasteiger charge is 2.21. The second kappa shape index (κ2) is 6.47. The van der Waals surface area contributed by atoms with Crippen LogP contribution in [0.3, 0.4) is 0 Å². The lowest BCUT2D eigenvalue weighted by Crippen LogP contribution is -1.95. The van der Waals surface area contributed by atoms with Crippen molar-refractivity contribution in [2.75, 3.05) is 0 Å². The van der Waals surface area contributed by atoms with Gasteiger partial charge < -0.3 is 5.11 Å². The normalized spacial score (nSPS) is 14.1. The number of hydrogen-bond donors (Lipinski definition) is 2. The quantitative estimate of drug-likeness (QED) is 0.743.